The molecule has 3 rings (SSSR count). The number of fused-ring (bicyclic) bond motifs is 1. The molecule has 1 aromatic heterocycles. The fourth-order valence-electron chi connectivity index (χ4n) is 4.14. The smallest absolute Gasteiger partial charge is 0.218 e. The minimum Gasteiger partial charge on any atom is -0.488 e. The second-order valence-electron chi connectivity index (χ2n) is 7.86. The van der Waals surface area contributed by atoms with Crippen LogP contribution in [-0.2, 0) is 11.2 Å². The van der Waals surface area contributed by atoms with Gasteiger partial charge in [-0.05, 0) is 55.9 Å². The topological polar surface area (TPSA) is 68.5 Å². The molecule has 1 aromatic carbocycles. The lowest BCUT2D eigenvalue weighted by molar-refractivity contribution is -0.119. The molecule has 1 aliphatic heterocycles. The number of unbranched alkanes of at least 4 members (excludes halogenated alkanes) is 1. The molecular formula is C23H33N3O2. The number of likely N-dealkylation sites (tertiary alicyclic amines) is 1. The zero-order valence-corrected chi connectivity index (χ0v) is 17.2. The first-order valence-electron chi connectivity index (χ1n) is 10.7. The third-order valence-corrected chi connectivity index (χ3v) is 5.74. The van der Waals surface area contributed by atoms with Crippen molar-refractivity contribution in [2.24, 2.45) is 5.73 Å². The number of primary amides is 1. The van der Waals surface area contributed by atoms with Gasteiger partial charge in [0.15, 0.2) is 0 Å². The maximum atomic E-state index is 11.3. The predicted molar refractivity (Wildman–Crippen MR) is 113 cm³/mol. The SMILES string of the molecule is CCCCc1cc(OC2CCN(C(CC)CC(N)=O)CC2)c2ncccc2c1. The number of ether oxygens (including phenoxy) is 1. The Bertz CT molecular complexity index is 785. The summed E-state index contributed by atoms with van der Waals surface area (Å²) in [5, 5.41) is 1.15. The van der Waals surface area contributed by atoms with Crippen LogP contribution < -0.4 is 10.5 Å². The van der Waals surface area contributed by atoms with Crippen LogP contribution in [0.2, 0.25) is 0 Å². The fraction of sp³-hybridized carbons (Fsp3) is 0.565. The molecule has 1 aliphatic rings. The van der Waals surface area contributed by atoms with Crippen molar-refractivity contribution in [1.82, 2.24) is 9.88 Å². The van der Waals surface area contributed by atoms with Crippen molar-refractivity contribution >= 4 is 16.8 Å². The second kappa shape index (κ2) is 9.87. The van der Waals surface area contributed by atoms with E-state index in [-0.39, 0.29) is 18.1 Å². The lowest BCUT2D eigenvalue weighted by atomic mass is 10.0. The average molecular weight is 384 g/mol. The standard InChI is InChI=1S/C23H33N3O2/c1-3-5-7-17-14-18-8-6-11-25-23(18)21(15-17)28-20-9-12-26(13-10-20)19(4-2)16-22(24)27/h6,8,11,14-15,19-20H,3-5,7,9-10,12-13,16H2,1-2H3,(H2,24,27). The summed E-state index contributed by atoms with van der Waals surface area (Å²) in [6, 6.07) is 8.77. The van der Waals surface area contributed by atoms with Crippen molar-refractivity contribution in [2.75, 3.05) is 13.1 Å². The average Bonchev–Trinajstić information content (AvgIpc) is 2.71. The van der Waals surface area contributed by atoms with Gasteiger partial charge in [-0.2, -0.15) is 0 Å². The molecule has 0 spiro atoms. The second-order valence-corrected chi connectivity index (χ2v) is 7.86. The van der Waals surface area contributed by atoms with E-state index >= 15 is 0 Å². The molecule has 0 radical (unpaired) electrons. The highest BCUT2D eigenvalue weighted by atomic mass is 16.5. The molecular weight excluding hydrogens is 350 g/mol. The number of nitrogens with two attached hydrogens (primary N) is 1. The van der Waals surface area contributed by atoms with Crippen molar-refractivity contribution in [2.45, 2.75) is 70.9 Å². The molecule has 0 saturated carbocycles. The number of aryl methyl sites for hydroxylation is 1. The van der Waals surface area contributed by atoms with Crippen LogP contribution in [0, 0.1) is 0 Å². The Labute approximate surface area is 168 Å². The van der Waals surface area contributed by atoms with Gasteiger partial charge in [0, 0.05) is 37.1 Å². The van der Waals surface area contributed by atoms with Crippen molar-refractivity contribution in [3.63, 3.8) is 0 Å². The van der Waals surface area contributed by atoms with Crippen LogP contribution in [0.25, 0.3) is 10.9 Å². The number of hydrogen-bond acceptors (Lipinski definition) is 4. The van der Waals surface area contributed by atoms with Crippen molar-refractivity contribution in [1.29, 1.82) is 0 Å². The van der Waals surface area contributed by atoms with Gasteiger partial charge in [-0.15, -0.1) is 0 Å². The lowest BCUT2D eigenvalue weighted by Crippen LogP contribution is -2.45. The van der Waals surface area contributed by atoms with E-state index in [1.807, 2.05) is 12.3 Å². The minimum absolute atomic E-state index is 0.189. The highest BCUT2D eigenvalue weighted by Crippen LogP contribution is 2.29. The zero-order chi connectivity index (χ0) is 19.9. The Balaban J connectivity index is 1.69. The molecule has 0 aliphatic carbocycles. The molecule has 1 atom stereocenters. The third-order valence-electron chi connectivity index (χ3n) is 5.74. The summed E-state index contributed by atoms with van der Waals surface area (Å²) in [5.41, 5.74) is 7.68. The summed E-state index contributed by atoms with van der Waals surface area (Å²) < 4.78 is 6.45. The molecule has 1 amide bonds. The molecule has 2 heterocycles. The van der Waals surface area contributed by atoms with E-state index in [0.717, 1.165) is 55.4 Å². The van der Waals surface area contributed by atoms with E-state index in [1.165, 1.54) is 18.4 Å². The van der Waals surface area contributed by atoms with E-state index < -0.39 is 0 Å². The summed E-state index contributed by atoms with van der Waals surface area (Å²) in [6.07, 6.45) is 8.77. The first-order chi connectivity index (χ1) is 13.6. The molecule has 5 nitrogen and oxygen atoms in total. The third kappa shape index (κ3) is 5.22. The number of carbonyl (C=O) groups is 1. The molecule has 152 valence electrons. The first-order valence-corrected chi connectivity index (χ1v) is 10.7. The highest BCUT2D eigenvalue weighted by Gasteiger charge is 2.26. The van der Waals surface area contributed by atoms with Gasteiger partial charge in [-0.1, -0.05) is 26.3 Å². The summed E-state index contributed by atoms with van der Waals surface area (Å²) in [5.74, 6) is 0.693. The van der Waals surface area contributed by atoms with Gasteiger partial charge in [0.25, 0.3) is 0 Å². The van der Waals surface area contributed by atoms with Gasteiger partial charge in [-0.3, -0.25) is 14.7 Å². The van der Waals surface area contributed by atoms with Gasteiger partial charge in [0.1, 0.15) is 17.4 Å². The quantitative estimate of drug-likeness (QED) is 0.708. The fourth-order valence-corrected chi connectivity index (χ4v) is 4.14. The largest absolute Gasteiger partial charge is 0.488 e. The van der Waals surface area contributed by atoms with Crippen LogP contribution >= 0.6 is 0 Å². The number of hydrogen-bond donors (Lipinski definition) is 1. The number of rotatable bonds is 9. The minimum atomic E-state index is -0.216. The van der Waals surface area contributed by atoms with Crippen LogP contribution in [0.1, 0.15) is 57.9 Å². The lowest BCUT2D eigenvalue weighted by Gasteiger charge is -2.37. The summed E-state index contributed by atoms with van der Waals surface area (Å²) >= 11 is 0. The van der Waals surface area contributed by atoms with Crippen LogP contribution in [0.15, 0.2) is 30.5 Å². The van der Waals surface area contributed by atoms with Gasteiger partial charge < -0.3 is 10.5 Å². The van der Waals surface area contributed by atoms with Gasteiger partial charge >= 0.3 is 0 Å². The number of benzene rings is 1. The molecule has 0 bridgehead atoms. The zero-order valence-electron chi connectivity index (χ0n) is 17.2. The predicted octanol–water partition coefficient (Wildman–Crippen LogP) is 4.07. The molecule has 28 heavy (non-hydrogen) atoms. The van der Waals surface area contributed by atoms with Gasteiger partial charge in [0.2, 0.25) is 5.91 Å². The molecule has 2 aromatic rings. The van der Waals surface area contributed by atoms with E-state index in [1.54, 1.807) is 0 Å². The maximum absolute atomic E-state index is 11.3. The number of amides is 1. The van der Waals surface area contributed by atoms with Crippen LogP contribution in [-0.4, -0.2) is 41.0 Å². The Kier molecular flexibility index (Phi) is 7.26. The summed E-state index contributed by atoms with van der Waals surface area (Å²) in [6.45, 7) is 6.22. The van der Waals surface area contributed by atoms with Crippen LogP contribution in [0.5, 0.6) is 5.75 Å². The van der Waals surface area contributed by atoms with E-state index in [2.05, 4.69) is 41.9 Å². The Hall–Kier alpha value is -2.14. The Morgan fingerprint density at radius 3 is 2.79 bits per heavy atom. The van der Waals surface area contributed by atoms with E-state index in [0.29, 0.717) is 6.42 Å². The summed E-state index contributed by atoms with van der Waals surface area (Å²) in [4.78, 5) is 18.3. The van der Waals surface area contributed by atoms with Crippen molar-refractivity contribution in [3.8, 4) is 5.75 Å². The molecule has 1 saturated heterocycles. The van der Waals surface area contributed by atoms with Gasteiger partial charge in [-0.25, -0.2) is 0 Å². The normalized spacial score (nSPS) is 16.9. The first kappa shape index (κ1) is 20.6. The number of aromatic nitrogens is 1. The molecule has 1 fully saturated rings. The number of carbonyl (C=O) groups excluding carboxylic acids is 1. The Morgan fingerprint density at radius 2 is 2.11 bits per heavy atom. The highest BCUT2D eigenvalue weighted by molar-refractivity contribution is 5.85. The van der Waals surface area contributed by atoms with E-state index in [9.17, 15) is 4.79 Å². The summed E-state index contributed by atoms with van der Waals surface area (Å²) in [7, 11) is 0. The van der Waals surface area contributed by atoms with Crippen LogP contribution in [0.3, 0.4) is 0 Å². The van der Waals surface area contributed by atoms with Crippen molar-refractivity contribution in [3.05, 3.63) is 36.0 Å². The molecule has 1 unspecified atom stereocenters. The molecule has 2 N–H and O–H groups in total. The Morgan fingerprint density at radius 1 is 1.32 bits per heavy atom. The monoisotopic (exact) mass is 383 g/mol. The number of nitrogens with zero attached hydrogens (tertiary/aromatic N) is 2. The number of pyridine rings is 1. The van der Waals surface area contributed by atoms with Gasteiger partial charge in [0.05, 0.1) is 0 Å². The maximum Gasteiger partial charge on any atom is 0.218 e. The molecule has 5 heteroatoms. The van der Waals surface area contributed by atoms with E-state index in [4.69, 9.17) is 10.5 Å². The number of piperidine rings is 1. The van der Waals surface area contributed by atoms with Crippen LogP contribution in [0.4, 0.5) is 0 Å². The van der Waals surface area contributed by atoms with Crippen molar-refractivity contribution < 1.29 is 9.53 Å².